The van der Waals surface area contributed by atoms with Crippen LogP contribution < -0.4 is 5.73 Å². The van der Waals surface area contributed by atoms with Crippen LogP contribution in [0.25, 0.3) is 0 Å². The van der Waals surface area contributed by atoms with Crippen LogP contribution in [0.5, 0.6) is 0 Å². The molecule has 1 saturated heterocycles. The SMILES string of the molecule is NCC1CCCN1P. The van der Waals surface area contributed by atoms with Crippen molar-refractivity contribution in [2.75, 3.05) is 13.1 Å². The van der Waals surface area contributed by atoms with Crippen LogP contribution in [0, 0.1) is 0 Å². The van der Waals surface area contributed by atoms with Crippen LogP contribution in [-0.2, 0) is 0 Å². The topological polar surface area (TPSA) is 29.3 Å². The summed E-state index contributed by atoms with van der Waals surface area (Å²) in [5.74, 6) is 0. The lowest BCUT2D eigenvalue weighted by molar-refractivity contribution is 0.443. The molecule has 1 fully saturated rings. The third kappa shape index (κ3) is 1.19. The van der Waals surface area contributed by atoms with Gasteiger partial charge in [0.05, 0.1) is 0 Å². The van der Waals surface area contributed by atoms with Gasteiger partial charge in [0.25, 0.3) is 0 Å². The van der Waals surface area contributed by atoms with Crippen molar-refractivity contribution in [3.05, 3.63) is 0 Å². The maximum atomic E-state index is 5.47. The second-order valence-corrected chi connectivity index (χ2v) is 2.93. The molecule has 2 atom stereocenters. The molecule has 1 aliphatic heterocycles. The van der Waals surface area contributed by atoms with E-state index in [0.717, 1.165) is 6.54 Å². The van der Waals surface area contributed by atoms with Crippen LogP contribution in [0.3, 0.4) is 0 Å². The van der Waals surface area contributed by atoms with E-state index in [-0.39, 0.29) is 0 Å². The maximum Gasteiger partial charge on any atom is 0.0252 e. The van der Waals surface area contributed by atoms with Gasteiger partial charge in [-0.15, -0.1) is 0 Å². The first-order valence-corrected chi connectivity index (χ1v) is 3.57. The van der Waals surface area contributed by atoms with Gasteiger partial charge in [0.15, 0.2) is 0 Å². The highest BCUT2D eigenvalue weighted by molar-refractivity contribution is 7.13. The molecule has 3 heteroatoms. The zero-order valence-electron chi connectivity index (χ0n) is 5.01. The number of nitrogens with two attached hydrogens (primary N) is 1. The molecule has 48 valence electrons. The van der Waals surface area contributed by atoms with Gasteiger partial charge < -0.3 is 5.73 Å². The molecule has 8 heavy (non-hydrogen) atoms. The molecule has 0 radical (unpaired) electrons. The number of hydrogen-bond donors (Lipinski definition) is 1. The van der Waals surface area contributed by atoms with E-state index in [4.69, 9.17) is 5.73 Å². The zero-order valence-corrected chi connectivity index (χ0v) is 6.16. The average Bonchev–Trinajstić information content (AvgIpc) is 2.14. The quantitative estimate of drug-likeness (QED) is 0.516. The van der Waals surface area contributed by atoms with Crippen molar-refractivity contribution >= 4 is 9.39 Å². The normalized spacial score (nSPS) is 31.5. The lowest BCUT2D eigenvalue weighted by atomic mass is 10.2. The minimum Gasteiger partial charge on any atom is -0.329 e. The lowest BCUT2D eigenvalue weighted by Crippen LogP contribution is -2.27. The first-order valence-electron chi connectivity index (χ1n) is 3.06. The number of rotatable bonds is 1. The monoisotopic (exact) mass is 132 g/mol. The Kier molecular flexibility index (Phi) is 2.24. The average molecular weight is 132 g/mol. The Labute approximate surface area is 52.7 Å². The van der Waals surface area contributed by atoms with Gasteiger partial charge in [0, 0.05) is 19.1 Å². The second kappa shape index (κ2) is 2.77. The van der Waals surface area contributed by atoms with Gasteiger partial charge in [0.1, 0.15) is 0 Å². The first kappa shape index (κ1) is 6.47. The molecule has 0 aromatic rings. The molecule has 0 spiro atoms. The summed E-state index contributed by atoms with van der Waals surface area (Å²) >= 11 is 0. The summed E-state index contributed by atoms with van der Waals surface area (Å²) in [5.41, 5.74) is 5.47. The molecule has 2 nitrogen and oxygen atoms in total. The molecular formula is C5H13N2P. The Balaban J connectivity index is 2.30. The molecule has 0 bridgehead atoms. The fourth-order valence-electron chi connectivity index (χ4n) is 1.11. The van der Waals surface area contributed by atoms with Crippen molar-refractivity contribution in [3.63, 3.8) is 0 Å². The summed E-state index contributed by atoms with van der Waals surface area (Å²) < 4.78 is 2.25. The highest BCUT2D eigenvalue weighted by Gasteiger charge is 2.18. The van der Waals surface area contributed by atoms with Gasteiger partial charge in [0.2, 0.25) is 0 Å². The van der Waals surface area contributed by atoms with E-state index in [0.29, 0.717) is 6.04 Å². The molecule has 1 rings (SSSR count). The molecule has 1 aliphatic rings. The van der Waals surface area contributed by atoms with Crippen molar-refractivity contribution < 1.29 is 0 Å². The number of hydrogen-bond acceptors (Lipinski definition) is 2. The van der Waals surface area contributed by atoms with Crippen LogP contribution >= 0.6 is 9.39 Å². The highest BCUT2D eigenvalue weighted by Crippen LogP contribution is 2.18. The Hall–Kier alpha value is 0.350. The third-order valence-electron chi connectivity index (χ3n) is 1.69. The van der Waals surface area contributed by atoms with Crippen LogP contribution in [-0.4, -0.2) is 23.8 Å². The van der Waals surface area contributed by atoms with E-state index in [1.807, 2.05) is 0 Å². The summed E-state index contributed by atoms with van der Waals surface area (Å²) in [6.07, 6.45) is 2.59. The minimum absolute atomic E-state index is 0.639. The van der Waals surface area contributed by atoms with Crippen LogP contribution in [0.2, 0.25) is 0 Å². The Morgan fingerprint density at radius 3 is 2.75 bits per heavy atom. The fourth-order valence-corrected chi connectivity index (χ4v) is 1.56. The molecule has 0 aromatic heterocycles. The van der Waals surface area contributed by atoms with Gasteiger partial charge in [-0.2, -0.15) is 0 Å². The first-order chi connectivity index (χ1) is 3.84. The van der Waals surface area contributed by atoms with Gasteiger partial charge in [-0.1, -0.05) is 9.39 Å². The molecule has 0 amide bonds. The smallest absolute Gasteiger partial charge is 0.0252 e. The number of nitrogens with zero attached hydrogens (tertiary/aromatic N) is 1. The highest BCUT2D eigenvalue weighted by atomic mass is 31.0. The van der Waals surface area contributed by atoms with Crippen LogP contribution in [0.1, 0.15) is 12.8 Å². The van der Waals surface area contributed by atoms with Gasteiger partial charge in [-0.25, -0.2) is 0 Å². The summed E-state index contributed by atoms with van der Waals surface area (Å²) in [5, 5.41) is 0. The molecular weight excluding hydrogens is 119 g/mol. The van der Waals surface area contributed by atoms with Gasteiger partial charge >= 0.3 is 0 Å². The van der Waals surface area contributed by atoms with E-state index in [1.165, 1.54) is 19.4 Å². The molecule has 0 aromatic carbocycles. The van der Waals surface area contributed by atoms with E-state index >= 15 is 0 Å². The van der Waals surface area contributed by atoms with Crippen LogP contribution in [0.15, 0.2) is 0 Å². The van der Waals surface area contributed by atoms with Crippen molar-refractivity contribution in [2.24, 2.45) is 5.73 Å². The van der Waals surface area contributed by atoms with Gasteiger partial charge in [-0.3, -0.25) is 4.67 Å². The summed E-state index contributed by atoms with van der Waals surface area (Å²) in [6.45, 7) is 2.01. The van der Waals surface area contributed by atoms with Crippen molar-refractivity contribution in [1.82, 2.24) is 4.67 Å². The molecule has 2 unspecified atom stereocenters. The van der Waals surface area contributed by atoms with Crippen molar-refractivity contribution in [3.8, 4) is 0 Å². The van der Waals surface area contributed by atoms with E-state index in [9.17, 15) is 0 Å². The summed E-state index contributed by atoms with van der Waals surface area (Å²) in [6, 6.07) is 0.639. The Morgan fingerprint density at radius 2 is 2.50 bits per heavy atom. The molecule has 0 aliphatic carbocycles. The predicted octanol–water partition coefficient (Wildman–Crippen LogP) is 0.200. The maximum absolute atomic E-state index is 5.47. The van der Waals surface area contributed by atoms with E-state index < -0.39 is 0 Å². The molecule has 2 N–H and O–H groups in total. The largest absolute Gasteiger partial charge is 0.329 e. The molecule has 0 saturated carbocycles. The van der Waals surface area contributed by atoms with Gasteiger partial charge in [-0.05, 0) is 12.8 Å². The molecule has 1 heterocycles. The Bertz CT molecular complexity index is 76.8. The third-order valence-corrected chi connectivity index (χ3v) is 2.37. The van der Waals surface area contributed by atoms with Crippen molar-refractivity contribution in [1.29, 1.82) is 0 Å². The summed E-state index contributed by atoms with van der Waals surface area (Å²) in [7, 11) is 2.71. The lowest BCUT2D eigenvalue weighted by Gasteiger charge is -2.15. The predicted molar refractivity (Wildman–Crippen MR) is 38.5 cm³/mol. The zero-order chi connectivity index (χ0) is 5.98. The second-order valence-electron chi connectivity index (χ2n) is 2.27. The van der Waals surface area contributed by atoms with E-state index in [2.05, 4.69) is 14.1 Å². The summed E-state index contributed by atoms with van der Waals surface area (Å²) in [4.78, 5) is 0. The minimum atomic E-state index is 0.639. The van der Waals surface area contributed by atoms with E-state index in [1.54, 1.807) is 0 Å². The Morgan fingerprint density at radius 1 is 1.75 bits per heavy atom. The van der Waals surface area contributed by atoms with Crippen LogP contribution in [0.4, 0.5) is 0 Å². The van der Waals surface area contributed by atoms with Crippen molar-refractivity contribution in [2.45, 2.75) is 18.9 Å². The standard InChI is InChI=1S/C5H13N2P/c6-4-5-2-1-3-7(5)8/h5H,1-4,6,8H2. The fraction of sp³-hybridized carbons (Fsp3) is 1.00.